The van der Waals surface area contributed by atoms with Gasteiger partial charge in [0.1, 0.15) is 0 Å². The Labute approximate surface area is 333 Å². The van der Waals surface area contributed by atoms with E-state index >= 15 is 0 Å². The van der Waals surface area contributed by atoms with E-state index in [1.165, 1.54) is 89.0 Å². The van der Waals surface area contributed by atoms with Gasteiger partial charge in [-0.1, -0.05) is 194 Å². The highest BCUT2D eigenvalue weighted by Crippen LogP contribution is 2.23. The van der Waals surface area contributed by atoms with Gasteiger partial charge >= 0.3 is 0 Å². The maximum atomic E-state index is 2.40. The van der Waals surface area contributed by atoms with Crippen molar-refractivity contribution in [1.82, 2.24) is 0 Å². The summed E-state index contributed by atoms with van der Waals surface area (Å²) in [6.07, 6.45) is 7.47. The fourth-order valence-electron chi connectivity index (χ4n) is 8.68. The molecule has 0 saturated carbocycles. The van der Waals surface area contributed by atoms with Crippen LogP contribution in [-0.2, 0) is 51.4 Å². The highest BCUT2D eigenvalue weighted by Gasteiger charge is 2.08. The summed E-state index contributed by atoms with van der Waals surface area (Å²) in [5.74, 6) is 0. The summed E-state index contributed by atoms with van der Waals surface area (Å²) < 4.78 is 0. The smallest absolute Gasteiger partial charge is 0.00256 e. The highest BCUT2D eigenvalue weighted by atomic mass is 14.1. The lowest BCUT2D eigenvalue weighted by atomic mass is 9.94. The third-order valence-corrected chi connectivity index (χ3v) is 11.2. The topological polar surface area (TPSA) is 0 Å². The molecule has 0 fully saturated rings. The molecule has 0 spiro atoms. The summed E-state index contributed by atoms with van der Waals surface area (Å²) in [6, 6.07) is 73.4. The number of fused-ring (bicyclic) bond motifs is 16. The van der Waals surface area contributed by atoms with Crippen LogP contribution >= 0.6 is 0 Å². The van der Waals surface area contributed by atoms with Gasteiger partial charge in [0.2, 0.25) is 0 Å². The molecule has 0 aliphatic heterocycles. The summed E-state index contributed by atoms with van der Waals surface area (Å²) in [7, 11) is 0. The molecule has 16 bridgehead atoms. The zero-order chi connectivity index (χ0) is 37.5. The lowest BCUT2D eigenvalue weighted by Crippen LogP contribution is -1.97. The Balaban J connectivity index is 1.02. The third-order valence-electron chi connectivity index (χ3n) is 11.2. The van der Waals surface area contributed by atoms with Crippen molar-refractivity contribution in [3.8, 4) is 0 Å². The van der Waals surface area contributed by atoms with Crippen LogP contribution in [-0.4, -0.2) is 0 Å². The summed E-state index contributed by atoms with van der Waals surface area (Å²) in [5, 5.41) is 0. The number of hydrogen-bond acceptors (Lipinski definition) is 0. The van der Waals surface area contributed by atoms with E-state index in [0.717, 1.165) is 51.4 Å². The monoisotopic (exact) mass is 720 g/mol. The van der Waals surface area contributed by atoms with Crippen LogP contribution < -0.4 is 0 Å². The molecule has 0 amide bonds. The van der Waals surface area contributed by atoms with E-state index in [1.54, 1.807) is 0 Å². The van der Waals surface area contributed by atoms with Gasteiger partial charge in [-0.05, 0) is 140 Å². The maximum absolute atomic E-state index is 2.40. The van der Waals surface area contributed by atoms with Gasteiger partial charge in [-0.2, -0.15) is 0 Å². The van der Waals surface area contributed by atoms with E-state index in [2.05, 4.69) is 194 Å². The van der Waals surface area contributed by atoms with Gasteiger partial charge in [0.05, 0.1) is 0 Å². The second-order valence-corrected chi connectivity index (χ2v) is 16.0. The molecule has 8 aromatic carbocycles. The van der Waals surface area contributed by atoms with Crippen molar-refractivity contribution in [2.45, 2.75) is 51.4 Å². The van der Waals surface area contributed by atoms with Crippen molar-refractivity contribution in [1.29, 1.82) is 0 Å². The van der Waals surface area contributed by atoms with Crippen molar-refractivity contribution in [3.05, 3.63) is 283 Å². The first kappa shape index (κ1) is 35.5. The van der Waals surface area contributed by atoms with E-state index in [1.807, 2.05) is 0 Å². The fraction of sp³-hybridized carbons (Fsp3) is 0.143. The summed E-state index contributed by atoms with van der Waals surface area (Å²) in [5.41, 5.74) is 21.8. The first-order valence-corrected chi connectivity index (χ1v) is 20.2. The Morgan fingerprint density at radius 3 is 0.321 bits per heavy atom. The second-order valence-electron chi connectivity index (χ2n) is 16.0. The molecule has 8 aromatic rings. The highest BCUT2D eigenvalue weighted by molar-refractivity contribution is 5.41. The molecule has 272 valence electrons. The summed E-state index contributed by atoms with van der Waals surface area (Å²) >= 11 is 0. The molecule has 56 heavy (non-hydrogen) atoms. The zero-order valence-corrected chi connectivity index (χ0v) is 32.1. The predicted molar refractivity (Wildman–Crippen MR) is 234 cm³/mol. The molecule has 0 atom stereocenters. The average Bonchev–Trinajstić information content (AvgIpc) is 3.19. The summed E-state index contributed by atoms with van der Waals surface area (Å²) in [6.45, 7) is 0. The van der Waals surface area contributed by atoms with Crippen LogP contribution in [0.25, 0.3) is 0 Å². The first-order chi connectivity index (χ1) is 27.6. The normalized spacial score (nSPS) is 13.1. The molecule has 1 aliphatic rings. The number of benzene rings is 8. The van der Waals surface area contributed by atoms with Gasteiger partial charge in [0.15, 0.2) is 0 Å². The Hall–Kier alpha value is -6.24. The van der Waals surface area contributed by atoms with Gasteiger partial charge in [0, 0.05) is 0 Å². The van der Waals surface area contributed by atoms with Gasteiger partial charge in [0.25, 0.3) is 0 Å². The number of hydrogen-bond donors (Lipinski definition) is 0. The average molecular weight is 721 g/mol. The van der Waals surface area contributed by atoms with Crippen LogP contribution in [0.1, 0.15) is 89.0 Å². The Kier molecular flexibility index (Phi) is 10.5. The molecular formula is C56H48. The van der Waals surface area contributed by atoms with E-state index in [4.69, 9.17) is 0 Å². The Morgan fingerprint density at radius 2 is 0.232 bits per heavy atom. The second kappa shape index (κ2) is 16.6. The quantitative estimate of drug-likeness (QED) is 0.146. The molecular weight excluding hydrogens is 673 g/mol. The van der Waals surface area contributed by atoms with E-state index in [0.29, 0.717) is 0 Å². The minimum Gasteiger partial charge on any atom is -0.0617 e. The van der Waals surface area contributed by atoms with Crippen LogP contribution in [0.3, 0.4) is 0 Å². The van der Waals surface area contributed by atoms with Crippen molar-refractivity contribution in [2.75, 3.05) is 0 Å². The van der Waals surface area contributed by atoms with Crippen LogP contribution in [0, 0.1) is 0 Å². The fourth-order valence-corrected chi connectivity index (χ4v) is 8.68. The molecule has 0 saturated heterocycles. The van der Waals surface area contributed by atoms with Gasteiger partial charge in [-0.25, -0.2) is 0 Å². The van der Waals surface area contributed by atoms with E-state index in [-0.39, 0.29) is 0 Å². The van der Waals surface area contributed by atoms with E-state index in [9.17, 15) is 0 Å². The molecule has 0 heteroatoms. The van der Waals surface area contributed by atoms with E-state index < -0.39 is 0 Å². The minimum absolute atomic E-state index is 0.934. The Morgan fingerprint density at radius 1 is 0.143 bits per heavy atom. The molecule has 0 N–H and O–H groups in total. The summed E-state index contributed by atoms with van der Waals surface area (Å²) in [4.78, 5) is 0. The van der Waals surface area contributed by atoms with Crippen LogP contribution in [0.15, 0.2) is 194 Å². The largest absolute Gasteiger partial charge is 0.0617 e. The first-order valence-electron chi connectivity index (χ1n) is 20.2. The van der Waals surface area contributed by atoms with Crippen molar-refractivity contribution < 1.29 is 0 Å². The molecule has 1 aliphatic carbocycles. The number of rotatable bonds is 0. The molecule has 0 unspecified atom stereocenters. The van der Waals surface area contributed by atoms with Crippen molar-refractivity contribution >= 4 is 0 Å². The molecule has 9 rings (SSSR count). The van der Waals surface area contributed by atoms with Gasteiger partial charge < -0.3 is 0 Å². The molecule has 0 heterocycles. The van der Waals surface area contributed by atoms with Crippen molar-refractivity contribution in [2.24, 2.45) is 0 Å². The SMILES string of the molecule is c1cc2cc(c1)Cc1cccc(c1)Cc1cccc(c1)Cc1cccc(c1)Cc1cccc(c1)Cc1cccc(c1)Cc1cccc(c1)Cc1cccc(c1)C2. The van der Waals surface area contributed by atoms with Crippen LogP contribution in [0.5, 0.6) is 0 Å². The molecule has 0 radical (unpaired) electrons. The van der Waals surface area contributed by atoms with Gasteiger partial charge in [-0.15, -0.1) is 0 Å². The van der Waals surface area contributed by atoms with Gasteiger partial charge in [-0.3, -0.25) is 0 Å². The maximum Gasteiger partial charge on any atom is -0.00256 e. The lowest BCUT2D eigenvalue weighted by Gasteiger charge is -2.11. The Bertz CT molecular complexity index is 1920. The van der Waals surface area contributed by atoms with Crippen LogP contribution in [0.2, 0.25) is 0 Å². The molecule has 0 nitrogen and oxygen atoms in total. The predicted octanol–water partition coefficient (Wildman–Crippen LogP) is 12.7. The standard InChI is InChI=1S/C56H48/c1-9-41-25-42(10-1)34-44-12-3-14-46(27-44)36-48-16-5-18-50(29-48)38-52-20-7-22-54(31-52)40-56-24-8-23-55(32-56)39-53-21-6-19-51(30-53)37-49-17-4-15-47(28-49)35-45-13-2-11-43(26-45)33-41/h1-32H,33-40H2. The molecule has 0 aromatic heterocycles. The lowest BCUT2D eigenvalue weighted by molar-refractivity contribution is 1.09. The van der Waals surface area contributed by atoms with Crippen LogP contribution in [0.4, 0.5) is 0 Å². The van der Waals surface area contributed by atoms with Crippen molar-refractivity contribution in [3.63, 3.8) is 0 Å². The zero-order valence-electron chi connectivity index (χ0n) is 32.1. The third kappa shape index (κ3) is 9.34. The minimum atomic E-state index is 0.934.